The highest BCUT2D eigenvalue weighted by Crippen LogP contribution is 2.31. The smallest absolute Gasteiger partial charge is 0.149 e. The van der Waals surface area contributed by atoms with Crippen molar-refractivity contribution in [1.29, 1.82) is 0 Å². The quantitative estimate of drug-likeness (QED) is 0.670. The summed E-state index contributed by atoms with van der Waals surface area (Å²) in [7, 11) is 2.11. The van der Waals surface area contributed by atoms with E-state index in [1.54, 1.807) is 18.3 Å². The summed E-state index contributed by atoms with van der Waals surface area (Å²) in [6.45, 7) is 9.07. The number of piperazine rings is 1. The molecule has 0 aromatic carbocycles. The minimum absolute atomic E-state index is 0.0295. The minimum atomic E-state index is -0.384. The van der Waals surface area contributed by atoms with E-state index in [1.807, 2.05) is 13.8 Å². The maximum atomic E-state index is 15.0. The molecule has 0 atom stereocenters. The maximum absolute atomic E-state index is 15.0. The van der Waals surface area contributed by atoms with Crippen LogP contribution in [0.15, 0.2) is 24.5 Å². The molecule has 29 heavy (non-hydrogen) atoms. The monoisotopic (exact) mass is 421 g/mol. The lowest BCUT2D eigenvalue weighted by atomic mass is 9.94. The summed E-state index contributed by atoms with van der Waals surface area (Å²) < 4.78 is 15.0. The second-order valence-electron chi connectivity index (χ2n) is 8.48. The van der Waals surface area contributed by atoms with Gasteiger partial charge in [0.1, 0.15) is 16.7 Å². The van der Waals surface area contributed by atoms with Gasteiger partial charge in [0.15, 0.2) is 0 Å². The number of aliphatic hydroxyl groups excluding tert-OH is 1. The van der Waals surface area contributed by atoms with Crippen LogP contribution in [0.25, 0.3) is 11.3 Å². The van der Waals surface area contributed by atoms with Gasteiger partial charge < -0.3 is 15.3 Å². The van der Waals surface area contributed by atoms with Crippen molar-refractivity contribution in [3.63, 3.8) is 0 Å². The molecule has 3 heterocycles. The lowest BCUT2D eigenvalue weighted by Gasteiger charge is -2.32. The number of rotatable bonds is 7. The summed E-state index contributed by atoms with van der Waals surface area (Å²) in [4.78, 5) is 13.1. The first kappa shape index (κ1) is 21.9. The molecule has 0 radical (unpaired) electrons. The highest BCUT2D eigenvalue weighted by atomic mass is 35.5. The highest BCUT2D eigenvalue weighted by Gasteiger charge is 2.20. The van der Waals surface area contributed by atoms with Gasteiger partial charge in [-0.25, -0.2) is 9.37 Å². The van der Waals surface area contributed by atoms with E-state index in [1.165, 1.54) is 6.20 Å². The SMILES string of the molecule is CN1CCN(Cc2cnc(-c3cnc(Cl)cc3NCC(C)(C)CO)c(F)c2)CC1. The van der Waals surface area contributed by atoms with Gasteiger partial charge in [-0.2, -0.15) is 0 Å². The average molecular weight is 422 g/mol. The third-order valence-corrected chi connectivity index (χ3v) is 5.42. The first-order valence-electron chi connectivity index (χ1n) is 9.83. The molecule has 2 aromatic rings. The van der Waals surface area contributed by atoms with Gasteiger partial charge in [-0.1, -0.05) is 25.4 Å². The number of halogens is 2. The molecule has 2 N–H and O–H groups in total. The van der Waals surface area contributed by atoms with Crippen molar-refractivity contribution >= 4 is 17.3 Å². The first-order valence-corrected chi connectivity index (χ1v) is 10.2. The number of hydrogen-bond donors (Lipinski definition) is 2. The Morgan fingerprint density at radius 2 is 1.90 bits per heavy atom. The van der Waals surface area contributed by atoms with E-state index in [-0.39, 0.29) is 23.5 Å². The average Bonchev–Trinajstić information content (AvgIpc) is 2.69. The number of nitrogens with one attached hydrogen (secondary N) is 1. The second kappa shape index (κ2) is 9.34. The van der Waals surface area contributed by atoms with E-state index in [0.717, 1.165) is 31.7 Å². The van der Waals surface area contributed by atoms with Gasteiger partial charge in [0.05, 0.1) is 0 Å². The summed E-state index contributed by atoms with van der Waals surface area (Å²) in [6.07, 6.45) is 3.26. The van der Waals surface area contributed by atoms with Gasteiger partial charge >= 0.3 is 0 Å². The lowest BCUT2D eigenvalue weighted by Crippen LogP contribution is -2.43. The van der Waals surface area contributed by atoms with Crippen molar-refractivity contribution in [1.82, 2.24) is 19.8 Å². The van der Waals surface area contributed by atoms with Crippen molar-refractivity contribution in [2.75, 3.05) is 51.7 Å². The van der Waals surface area contributed by atoms with Crippen molar-refractivity contribution in [2.24, 2.45) is 5.41 Å². The summed E-state index contributed by atoms with van der Waals surface area (Å²) in [5.41, 5.74) is 1.96. The molecule has 3 rings (SSSR count). The third kappa shape index (κ3) is 5.85. The molecule has 8 heteroatoms. The summed E-state index contributed by atoms with van der Waals surface area (Å²) in [5.74, 6) is -0.384. The van der Waals surface area contributed by atoms with Crippen LogP contribution < -0.4 is 5.32 Å². The predicted octanol–water partition coefficient (Wildman–Crippen LogP) is 3.11. The molecule has 0 amide bonds. The molecule has 1 aliphatic heterocycles. The molecule has 0 saturated carbocycles. The topological polar surface area (TPSA) is 64.5 Å². The Kier molecular flexibility index (Phi) is 7.05. The number of aromatic nitrogens is 2. The maximum Gasteiger partial charge on any atom is 0.149 e. The van der Waals surface area contributed by atoms with Crippen LogP contribution in [0, 0.1) is 11.2 Å². The summed E-state index contributed by atoms with van der Waals surface area (Å²) >= 11 is 6.05. The van der Waals surface area contributed by atoms with Crippen LogP contribution in [0.4, 0.5) is 10.1 Å². The molecule has 1 fully saturated rings. The largest absolute Gasteiger partial charge is 0.396 e. The summed E-state index contributed by atoms with van der Waals surface area (Å²) in [5, 5.41) is 13.0. The van der Waals surface area contributed by atoms with Gasteiger partial charge in [0.2, 0.25) is 0 Å². The van der Waals surface area contributed by atoms with Crippen molar-refractivity contribution in [2.45, 2.75) is 20.4 Å². The normalized spacial score (nSPS) is 16.2. The lowest BCUT2D eigenvalue weighted by molar-refractivity contribution is 0.148. The van der Waals surface area contributed by atoms with E-state index in [2.05, 4.69) is 32.1 Å². The zero-order valence-electron chi connectivity index (χ0n) is 17.3. The number of likely N-dealkylation sites (N-methyl/N-ethyl adjacent to an activating group) is 1. The van der Waals surface area contributed by atoms with E-state index < -0.39 is 0 Å². The Morgan fingerprint density at radius 3 is 2.55 bits per heavy atom. The third-order valence-electron chi connectivity index (χ3n) is 5.21. The number of nitrogens with zero attached hydrogens (tertiary/aromatic N) is 4. The Labute approximate surface area is 176 Å². The van der Waals surface area contributed by atoms with Crippen LogP contribution in [0.3, 0.4) is 0 Å². The van der Waals surface area contributed by atoms with Crippen LogP contribution in [-0.4, -0.2) is 71.3 Å². The number of hydrogen-bond acceptors (Lipinski definition) is 6. The molecule has 0 bridgehead atoms. The van der Waals surface area contributed by atoms with Gasteiger partial charge in [-0.15, -0.1) is 0 Å². The van der Waals surface area contributed by atoms with Crippen LogP contribution in [0.1, 0.15) is 19.4 Å². The van der Waals surface area contributed by atoms with Gasteiger partial charge in [-0.3, -0.25) is 9.88 Å². The standard InChI is InChI=1S/C21H29ClFN5O/c1-21(2,14-29)13-26-18-9-19(22)24-11-16(18)20-17(23)8-15(10-25-20)12-28-6-4-27(3)5-7-28/h8-11,29H,4-7,12-14H2,1-3H3,(H,24,26). The first-order chi connectivity index (χ1) is 13.8. The number of pyridine rings is 2. The Morgan fingerprint density at radius 1 is 1.17 bits per heavy atom. The fraction of sp³-hybridized carbons (Fsp3) is 0.524. The second-order valence-corrected chi connectivity index (χ2v) is 8.87. The fourth-order valence-electron chi connectivity index (χ4n) is 3.18. The van der Waals surface area contributed by atoms with Crippen LogP contribution in [0.5, 0.6) is 0 Å². The molecule has 6 nitrogen and oxygen atoms in total. The van der Waals surface area contributed by atoms with Gasteiger partial charge in [-0.05, 0) is 24.7 Å². The molecule has 0 aliphatic carbocycles. The van der Waals surface area contributed by atoms with Crippen LogP contribution in [0.2, 0.25) is 5.15 Å². The molecule has 1 saturated heterocycles. The fourth-order valence-corrected chi connectivity index (χ4v) is 3.34. The minimum Gasteiger partial charge on any atom is -0.396 e. The van der Waals surface area contributed by atoms with Crippen molar-refractivity contribution in [3.05, 3.63) is 41.1 Å². The van der Waals surface area contributed by atoms with E-state index >= 15 is 0 Å². The number of aliphatic hydroxyl groups is 1. The van der Waals surface area contributed by atoms with Crippen LogP contribution >= 0.6 is 11.6 Å². The highest BCUT2D eigenvalue weighted by molar-refractivity contribution is 6.29. The van der Waals surface area contributed by atoms with Crippen molar-refractivity contribution in [3.8, 4) is 11.3 Å². The Balaban J connectivity index is 1.79. The molecular formula is C21H29ClFN5O. The van der Waals surface area contributed by atoms with E-state index in [9.17, 15) is 9.50 Å². The Hall–Kier alpha value is -1.80. The zero-order chi connectivity index (χ0) is 21.0. The van der Waals surface area contributed by atoms with Crippen LogP contribution in [-0.2, 0) is 6.54 Å². The molecule has 2 aromatic heterocycles. The number of anilines is 1. The predicted molar refractivity (Wildman–Crippen MR) is 115 cm³/mol. The van der Waals surface area contributed by atoms with E-state index in [0.29, 0.717) is 29.5 Å². The van der Waals surface area contributed by atoms with Gasteiger partial charge in [0.25, 0.3) is 0 Å². The van der Waals surface area contributed by atoms with Gasteiger partial charge in [0, 0.05) is 74.9 Å². The Bertz CT molecular complexity index is 840. The zero-order valence-corrected chi connectivity index (χ0v) is 18.0. The summed E-state index contributed by atoms with van der Waals surface area (Å²) in [6, 6.07) is 3.21. The molecule has 1 aliphatic rings. The van der Waals surface area contributed by atoms with E-state index in [4.69, 9.17) is 11.6 Å². The molecular weight excluding hydrogens is 393 g/mol. The molecule has 158 valence electrons. The molecule has 0 unspecified atom stereocenters. The molecule has 0 spiro atoms. The van der Waals surface area contributed by atoms with Crippen molar-refractivity contribution < 1.29 is 9.50 Å².